The largest absolute Gasteiger partial charge is 0.263 e. The summed E-state index contributed by atoms with van der Waals surface area (Å²) in [6, 6.07) is 11.8. The summed E-state index contributed by atoms with van der Waals surface area (Å²) in [7, 11) is -3.83. The number of hydrogen-bond acceptors (Lipinski definition) is 3. The fourth-order valence-corrected chi connectivity index (χ4v) is 4.19. The SMILES string of the molecule is Cc1c(Cl)cccc1S(=O)(=O)Nc1ccc(-c2ccc(F)cc2Cl)cn1. The van der Waals surface area contributed by atoms with Crippen LogP contribution in [0.3, 0.4) is 0 Å². The summed E-state index contributed by atoms with van der Waals surface area (Å²) in [5, 5.41) is 0.608. The van der Waals surface area contributed by atoms with Gasteiger partial charge < -0.3 is 0 Å². The Morgan fingerprint density at radius 2 is 1.81 bits per heavy atom. The summed E-state index contributed by atoms with van der Waals surface area (Å²) in [6.07, 6.45) is 1.46. The zero-order valence-electron chi connectivity index (χ0n) is 13.5. The predicted molar refractivity (Wildman–Crippen MR) is 102 cm³/mol. The van der Waals surface area contributed by atoms with Crippen LogP contribution in [0.15, 0.2) is 59.6 Å². The smallest absolute Gasteiger partial charge is 0.263 e. The van der Waals surface area contributed by atoms with Gasteiger partial charge in [0.25, 0.3) is 10.0 Å². The summed E-state index contributed by atoms with van der Waals surface area (Å²) in [4.78, 5) is 4.19. The Labute approximate surface area is 160 Å². The molecule has 4 nitrogen and oxygen atoms in total. The second-order valence-corrected chi connectivity index (χ2v) is 7.99. The molecule has 8 heteroatoms. The van der Waals surface area contributed by atoms with E-state index in [0.717, 1.165) is 0 Å². The van der Waals surface area contributed by atoms with Gasteiger partial charge in [0.05, 0.1) is 9.92 Å². The molecular weight excluding hydrogens is 398 g/mol. The van der Waals surface area contributed by atoms with Crippen LogP contribution in [0.2, 0.25) is 10.0 Å². The highest BCUT2D eigenvalue weighted by Gasteiger charge is 2.19. The van der Waals surface area contributed by atoms with Crippen LogP contribution in [-0.4, -0.2) is 13.4 Å². The molecule has 26 heavy (non-hydrogen) atoms. The fraction of sp³-hybridized carbons (Fsp3) is 0.0556. The second-order valence-electron chi connectivity index (χ2n) is 5.52. The van der Waals surface area contributed by atoms with Gasteiger partial charge in [-0.1, -0.05) is 29.3 Å². The van der Waals surface area contributed by atoms with Gasteiger partial charge in [-0.05, 0) is 55.0 Å². The number of halogens is 3. The number of nitrogens with zero attached hydrogens (tertiary/aromatic N) is 1. The van der Waals surface area contributed by atoms with Gasteiger partial charge >= 0.3 is 0 Å². The van der Waals surface area contributed by atoms with Crippen LogP contribution in [0.5, 0.6) is 0 Å². The molecule has 0 atom stereocenters. The maximum absolute atomic E-state index is 13.1. The Kier molecular flexibility index (Phi) is 5.18. The molecule has 0 radical (unpaired) electrons. The van der Waals surface area contributed by atoms with E-state index in [1.807, 2.05) is 0 Å². The minimum Gasteiger partial charge on any atom is -0.263 e. The number of nitrogens with one attached hydrogen (secondary N) is 1. The van der Waals surface area contributed by atoms with Crippen LogP contribution < -0.4 is 4.72 Å². The normalized spacial score (nSPS) is 11.4. The third-order valence-electron chi connectivity index (χ3n) is 3.75. The number of hydrogen-bond donors (Lipinski definition) is 1. The third kappa shape index (κ3) is 3.82. The van der Waals surface area contributed by atoms with Crippen LogP contribution in [0.1, 0.15) is 5.56 Å². The molecule has 0 spiro atoms. The lowest BCUT2D eigenvalue weighted by Crippen LogP contribution is -2.15. The van der Waals surface area contributed by atoms with E-state index < -0.39 is 15.8 Å². The maximum atomic E-state index is 13.1. The Morgan fingerprint density at radius 3 is 2.46 bits per heavy atom. The van der Waals surface area contributed by atoms with E-state index >= 15 is 0 Å². The van der Waals surface area contributed by atoms with E-state index in [2.05, 4.69) is 9.71 Å². The highest BCUT2D eigenvalue weighted by molar-refractivity contribution is 7.92. The van der Waals surface area contributed by atoms with Crippen molar-refractivity contribution < 1.29 is 12.8 Å². The lowest BCUT2D eigenvalue weighted by Gasteiger charge is -2.11. The molecule has 1 heterocycles. The molecular formula is C18H13Cl2FN2O2S. The van der Waals surface area contributed by atoms with Gasteiger partial charge in [-0.3, -0.25) is 4.72 Å². The minimum atomic E-state index is -3.83. The number of anilines is 1. The first-order valence-corrected chi connectivity index (χ1v) is 9.71. The van der Waals surface area contributed by atoms with Gasteiger partial charge in [0, 0.05) is 22.3 Å². The first-order valence-electron chi connectivity index (χ1n) is 7.47. The zero-order valence-corrected chi connectivity index (χ0v) is 15.8. The third-order valence-corrected chi connectivity index (χ3v) is 5.97. The standard InChI is InChI=1S/C18H13Cl2FN2O2S/c1-11-15(19)3-2-4-17(11)26(24,25)23-18-8-5-12(10-22-18)14-7-6-13(21)9-16(14)20/h2-10H,1H3,(H,22,23). The van der Waals surface area contributed by atoms with Crippen molar-refractivity contribution in [2.24, 2.45) is 0 Å². The number of pyridine rings is 1. The first kappa shape index (κ1) is 18.6. The summed E-state index contributed by atoms with van der Waals surface area (Å²) in [6.45, 7) is 1.63. The molecule has 0 aliphatic rings. The molecule has 3 rings (SSSR count). The van der Waals surface area contributed by atoms with Crippen molar-refractivity contribution in [3.63, 3.8) is 0 Å². The zero-order chi connectivity index (χ0) is 18.9. The van der Waals surface area contributed by atoms with Crippen LogP contribution in [-0.2, 0) is 10.0 Å². The monoisotopic (exact) mass is 410 g/mol. The molecule has 1 aromatic heterocycles. The van der Waals surface area contributed by atoms with Crippen LogP contribution >= 0.6 is 23.2 Å². The number of benzene rings is 2. The molecule has 0 saturated carbocycles. The van der Waals surface area contributed by atoms with Gasteiger partial charge in [0.1, 0.15) is 11.6 Å². The van der Waals surface area contributed by atoms with Crippen molar-refractivity contribution in [3.8, 4) is 11.1 Å². The topological polar surface area (TPSA) is 59.1 Å². The molecule has 0 bridgehead atoms. The van der Waals surface area contributed by atoms with E-state index in [0.29, 0.717) is 21.7 Å². The Morgan fingerprint density at radius 1 is 1.04 bits per heavy atom. The second kappa shape index (κ2) is 7.23. The Balaban J connectivity index is 1.88. The van der Waals surface area contributed by atoms with Crippen LogP contribution in [0.4, 0.5) is 10.2 Å². The van der Waals surface area contributed by atoms with Gasteiger partial charge in [-0.2, -0.15) is 0 Å². The molecule has 0 fully saturated rings. The van der Waals surface area contributed by atoms with Crippen LogP contribution in [0.25, 0.3) is 11.1 Å². The van der Waals surface area contributed by atoms with E-state index in [1.165, 1.54) is 36.5 Å². The van der Waals surface area contributed by atoms with Crippen molar-refractivity contribution >= 4 is 39.0 Å². The summed E-state index contributed by atoms with van der Waals surface area (Å²) >= 11 is 12.0. The predicted octanol–water partition coefficient (Wildman–Crippen LogP) is 5.30. The van der Waals surface area contributed by atoms with Gasteiger partial charge in [-0.25, -0.2) is 17.8 Å². The van der Waals surface area contributed by atoms with Crippen molar-refractivity contribution in [1.82, 2.24) is 4.98 Å². The summed E-state index contributed by atoms with van der Waals surface area (Å²) in [5.74, 6) is -0.292. The number of aromatic nitrogens is 1. The van der Waals surface area contributed by atoms with Crippen molar-refractivity contribution in [2.45, 2.75) is 11.8 Å². The molecule has 0 aliphatic heterocycles. The molecule has 0 saturated heterocycles. The van der Waals surface area contributed by atoms with E-state index in [9.17, 15) is 12.8 Å². The molecule has 134 valence electrons. The van der Waals surface area contributed by atoms with Gasteiger partial charge in [0.15, 0.2) is 0 Å². The average molecular weight is 411 g/mol. The lowest BCUT2D eigenvalue weighted by atomic mass is 10.1. The first-order chi connectivity index (χ1) is 12.3. The Bertz CT molecular complexity index is 1070. The molecule has 1 N–H and O–H groups in total. The summed E-state index contributed by atoms with van der Waals surface area (Å²) < 4.78 is 40.7. The van der Waals surface area contributed by atoms with Crippen LogP contribution in [0, 0.1) is 12.7 Å². The van der Waals surface area contributed by atoms with E-state index in [1.54, 1.807) is 25.1 Å². The molecule has 0 aliphatic carbocycles. The van der Waals surface area contributed by atoms with Gasteiger partial charge in [-0.15, -0.1) is 0 Å². The molecule has 3 aromatic rings. The van der Waals surface area contributed by atoms with Crippen molar-refractivity contribution in [1.29, 1.82) is 0 Å². The van der Waals surface area contributed by atoms with E-state index in [4.69, 9.17) is 23.2 Å². The minimum absolute atomic E-state index is 0.0810. The molecule has 0 unspecified atom stereocenters. The quantitative estimate of drug-likeness (QED) is 0.634. The summed E-state index contributed by atoms with van der Waals surface area (Å²) in [5.41, 5.74) is 1.69. The van der Waals surface area contributed by atoms with Gasteiger partial charge in [0.2, 0.25) is 0 Å². The van der Waals surface area contributed by atoms with Crippen molar-refractivity contribution in [2.75, 3.05) is 4.72 Å². The highest BCUT2D eigenvalue weighted by atomic mass is 35.5. The maximum Gasteiger partial charge on any atom is 0.263 e. The van der Waals surface area contributed by atoms with E-state index in [-0.39, 0.29) is 15.7 Å². The Hall–Kier alpha value is -2.15. The van der Waals surface area contributed by atoms with Crippen molar-refractivity contribution in [3.05, 3.63) is 76.2 Å². The fourth-order valence-electron chi connectivity index (χ4n) is 2.41. The molecule has 0 amide bonds. The molecule has 2 aromatic carbocycles. The number of sulfonamides is 1. The lowest BCUT2D eigenvalue weighted by molar-refractivity contribution is 0.600. The highest BCUT2D eigenvalue weighted by Crippen LogP contribution is 2.29. The average Bonchev–Trinajstić information content (AvgIpc) is 2.58. The number of rotatable bonds is 4.